The van der Waals surface area contributed by atoms with Gasteiger partial charge in [0.15, 0.2) is 0 Å². The quantitative estimate of drug-likeness (QED) is 0.489. The van der Waals surface area contributed by atoms with Gasteiger partial charge in [-0.05, 0) is 0 Å². The fourth-order valence-electron chi connectivity index (χ4n) is 0.200. The molecule has 0 unspecified atom stereocenters. The van der Waals surface area contributed by atoms with Crippen LogP contribution < -0.4 is 0 Å². The Morgan fingerprint density at radius 2 is 1.00 bits per heavy atom. The molecule has 2 aliphatic heterocycles. The van der Waals surface area contributed by atoms with Crippen LogP contribution in [0.1, 0.15) is 0 Å². The first-order valence-electron chi connectivity index (χ1n) is 1.26. The van der Waals surface area contributed by atoms with Gasteiger partial charge in [0, 0.05) is 0 Å². The number of hydrogen-bond donors (Lipinski definition) is 0. The molecule has 0 atom stereocenters. The molecule has 0 bridgehead atoms. The van der Waals surface area contributed by atoms with Crippen LogP contribution in [0.25, 0.3) is 0 Å². The Balaban J connectivity index is 2.03. The summed E-state index contributed by atoms with van der Waals surface area (Å²) in [5.41, 5.74) is 0. The zero-order valence-electron chi connectivity index (χ0n) is 2.53. The average Bonchev–Trinajstić information content (AvgIpc) is 1.54. The first-order valence-corrected chi connectivity index (χ1v) is 19.8. The molecule has 0 amide bonds. The Bertz CT molecular complexity index is 53.9. The van der Waals surface area contributed by atoms with Crippen LogP contribution in [-0.4, -0.2) is 20.5 Å². The summed E-state index contributed by atoms with van der Waals surface area (Å²) >= 11 is 0. The first kappa shape index (κ1) is 5.31. The third-order valence-electron chi connectivity index (χ3n) is 0.455. The molecule has 2 aliphatic rings. The van der Waals surface area contributed by atoms with E-state index in [0.717, 1.165) is 0 Å². The van der Waals surface area contributed by atoms with E-state index in [1.165, 1.54) is 0 Å². The Hall–Kier alpha value is 2.52. The fourth-order valence-corrected chi connectivity index (χ4v) is 106. The Morgan fingerprint density at radius 3 is 1.00 bits per heavy atom. The zero-order valence-corrected chi connectivity index (χ0v) is 9.55. The van der Waals surface area contributed by atoms with E-state index in [4.69, 9.17) is 0 Å². The van der Waals surface area contributed by atoms with Crippen LogP contribution in [0.15, 0.2) is 0 Å². The second-order valence-electron chi connectivity index (χ2n) is 0.774. The van der Waals surface area contributed by atoms with Crippen molar-refractivity contribution in [1.82, 2.24) is 0 Å². The van der Waals surface area contributed by atoms with Gasteiger partial charge < -0.3 is 0 Å². The van der Waals surface area contributed by atoms with Crippen LogP contribution >= 0.6 is 36.2 Å². The van der Waals surface area contributed by atoms with Crippen molar-refractivity contribution >= 4 is 56.8 Å². The summed E-state index contributed by atoms with van der Waals surface area (Å²) in [6, 6.07) is 0. The number of rotatable bonds is 0. The number of fused-ring (bicyclic) bond motifs is 1. The van der Waals surface area contributed by atoms with Crippen molar-refractivity contribution in [3.63, 3.8) is 0 Å². The van der Waals surface area contributed by atoms with E-state index in [2.05, 4.69) is 36.2 Å². The van der Waals surface area contributed by atoms with Gasteiger partial charge in [0.1, 0.15) is 0 Å². The number of hydrogen-bond acceptors (Lipinski definition) is 4. The van der Waals surface area contributed by atoms with Gasteiger partial charge in [-0.3, -0.25) is 0 Å². The van der Waals surface area contributed by atoms with E-state index in [0.29, 0.717) is 0 Å². The minimum atomic E-state index is -0.0324. The van der Waals surface area contributed by atoms with Crippen molar-refractivity contribution < 1.29 is 0 Å². The molecule has 2 saturated heterocycles. The van der Waals surface area contributed by atoms with Crippen molar-refractivity contribution in [3.8, 4) is 0 Å². The SMILES string of the molecule is S1S[As]2SS[As]12. The standard InChI is InChI=1S/As2S4/c3-1-2(5-3)6-4-1. The van der Waals surface area contributed by atoms with Crippen LogP contribution in [0.2, 0.25) is 0 Å². The van der Waals surface area contributed by atoms with Gasteiger partial charge in [-0.25, -0.2) is 0 Å². The molecule has 2 fully saturated rings. The molecular formula is As2S4. The topological polar surface area (TPSA) is 0 Å². The van der Waals surface area contributed by atoms with Crippen molar-refractivity contribution in [2.45, 2.75) is 0 Å². The van der Waals surface area contributed by atoms with Gasteiger partial charge >= 0.3 is 56.8 Å². The molecule has 0 radical (unpaired) electrons. The third-order valence-corrected chi connectivity index (χ3v) is 98.1. The van der Waals surface area contributed by atoms with Gasteiger partial charge in [-0.2, -0.15) is 0 Å². The molecule has 34 valence electrons. The second-order valence-corrected chi connectivity index (χ2v) is 47.4. The summed E-state index contributed by atoms with van der Waals surface area (Å²) in [7, 11) is 8.83. The normalized spacial score (nSPS) is 52.0. The molecule has 0 aromatic carbocycles. The monoisotopic (exact) mass is 278 g/mol. The zero-order chi connectivity index (χ0) is 3.98. The first-order chi connectivity index (χ1) is 2.97. The fraction of sp³-hybridized carbons (Fsp3) is 0. The van der Waals surface area contributed by atoms with Gasteiger partial charge in [0.2, 0.25) is 0 Å². The van der Waals surface area contributed by atoms with Crippen molar-refractivity contribution in [1.29, 1.82) is 0 Å². The second kappa shape index (κ2) is 2.04. The molecule has 0 spiro atoms. The van der Waals surface area contributed by atoms with Crippen LogP contribution in [-0.2, 0) is 0 Å². The molecular weight excluding hydrogens is 278 g/mol. The average molecular weight is 278 g/mol. The van der Waals surface area contributed by atoms with Crippen molar-refractivity contribution in [2.24, 2.45) is 0 Å². The van der Waals surface area contributed by atoms with E-state index in [9.17, 15) is 0 Å². The van der Waals surface area contributed by atoms with E-state index in [1.807, 2.05) is 0 Å². The molecule has 0 N–H and O–H groups in total. The maximum atomic E-state index is 2.22. The minimum absolute atomic E-state index is 0.0324. The summed E-state index contributed by atoms with van der Waals surface area (Å²) < 4.78 is 0. The van der Waals surface area contributed by atoms with E-state index >= 15 is 0 Å². The summed E-state index contributed by atoms with van der Waals surface area (Å²) in [4.78, 5) is 0. The van der Waals surface area contributed by atoms with Crippen LogP contribution in [0.5, 0.6) is 0 Å². The van der Waals surface area contributed by atoms with Crippen LogP contribution in [0, 0.1) is 0 Å². The van der Waals surface area contributed by atoms with E-state index < -0.39 is 0 Å². The Labute approximate surface area is 55.9 Å². The molecule has 0 aromatic heterocycles. The molecule has 0 nitrogen and oxygen atoms in total. The van der Waals surface area contributed by atoms with E-state index in [-0.39, 0.29) is 20.5 Å². The van der Waals surface area contributed by atoms with Crippen LogP contribution in [0.4, 0.5) is 0 Å². The van der Waals surface area contributed by atoms with Crippen molar-refractivity contribution in [2.75, 3.05) is 0 Å². The molecule has 2 rings (SSSR count). The van der Waals surface area contributed by atoms with Crippen LogP contribution in [0.3, 0.4) is 0 Å². The van der Waals surface area contributed by atoms with E-state index in [1.54, 1.807) is 0 Å². The summed E-state index contributed by atoms with van der Waals surface area (Å²) in [5.74, 6) is 0. The van der Waals surface area contributed by atoms with Gasteiger partial charge in [-0.1, -0.05) is 0 Å². The molecule has 0 saturated carbocycles. The van der Waals surface area contributed by atoms with Gasteiger partial charge in [-0.15, -0.1) is 0 Å². The van der Waals surface area contributed by atoms with Gasteiger partial charge in [0.25, 0.3) is 0 Å². The predicted octanol–water partition coefficient (Wildman–Crippen LogP) is 1.83. The third kappa shape index (κ3) is 0.727. The Morgan fingerprint density at radius 1 is 0.667 bits per heavy atom. The predicted molar refractivity (Wildman–Crippen MR) is 41.9 cm³/mol. The molecule has 2 heterocycles. The van der Waals surface area contributed by atoms with Crippen molar-refractivity contribution in [3.05, 3.63) is 0 Å². The summed E-state index contributed by atoms with van der Waals surface area (Å²) in [6.45, 7) is 0. The summed E-state index contributed by atoms with van der Waals surface area (Å²) in [6.07, 6.45) is 0. The molecule has 6 heteroatoms. The molecule has 6 heavy (non-hydrogen) atoms. The summed E-state index contributed by atoms with van der Waals surface area (Å²) in [5, 5.41) is 0. The van der Waals surface area contributed by atoms with Gasteiger partial charge in [0.05, 0.1) is 0 Å². The Kier molecular flexibility index (Phi) is 1.80. The maximum absolute atomic E-state index is 2.22. The molecule has 0 aromatic rings. The molecule has 0 aliphatic carbocycles.